The van der Waals surface area contributed by atoms with Crippen molar-refractivity contribution in [3.8, 4) is 0 Å². The number of fused-ring (bicyclic) bond motifs is 1. The maximum Gasteiger partial charge on any atom is 0.338 e. The molecule has 1 atom stereocenters. The summed E-state index contributed by atoms with van der Waals surface area (Å²) in [4.78, 5) is 42.7. The average Bonchev–Trinajstić information content (AvgIpc) is 3.36. The number of esters is 1. The van der Waals surface area contributed by atoms with E-state index in [-0.39, 0.29) is 17.9 Å². The summed E-state index contributed by atoms with van der Waals surface area (Å²) in [6.45, 7) is 3.64. The van der Waals surface area contributed by atoms with Crippen LogP contribution in [0, 0.1) is 10.1 Å². The number of hydrogen-bond acceptors (Lipinski definition) is 8. The number of rotatable bonds is 5. The van der Waals surface area contributed by atoms with Gasteiger partial charge in [-0.15, -0.1) is 11.3 Å². The minimum absolute atomic E-state index is 0.0912. The summed E-state index contributed by atoms with van der Waals surface area (Å²) in [5.74, 6) is -0.518. The Balaban J connectivity index is 1.96. The molecule has 1 aromatic carbocycles. The van der Waals surface area contributed by atoms with Crippen LogP contribution >= 0.6 is 22.7 Å². The van der Waals surface area contributed by atoms with E-state index in [4.69, 9.17) is 4.74 Å². The molecule has 0 N–H and O–H groups in total. The number of allylic oxidation sites excluding steroid dienone is 1. The fourth-order valence-corrected chi connectivity index (χ4v) is 5.29. The molecule has 0 amide bonds. The number of nitro benzene ring substituents is 1. The van der Waals surface area contributed by atoms with Crippen LogP contribution in [-0.2, 0) is 9.53 Å². The quantitative estimate of drug-likeness (QED) is 0.334. The predicted octanol–water partition coefficient (Wildman–Crippen LogP) is 2.77. The van der Waals surface area contributed by atoms with Gasteiger partial charge in [-0.3, -0.25) is 19.5 Å². The van der Waals surface area contributed by atoms with E-state index in [1.807, 2.05) is 17.5 Å². The first-order valence-electron chi connectivity index (χ1n) is 9.39. The Kier molecular flexibility index (Phi) is 5.66. The predicted molar refractivity (Wildman–Crippen MR) is 118 cm³/mol. The van der Waals surface area contributed by atoms with E-state index in [1.165, 1.54) is 28.0 Å². The van der Waals surface area contributed by atoms with Crippen molar-refractivity contribution in [3.05, 3.63) is 93.3 Å². The third-order valence-electron chi connectivity index (χ3n) is 4.75. The van der Waals surface area contributed by atoms with Crippen LogP contribution in [-0.4, -0.2) is 22.1 Å². The fourth-order valence-electron chi connectivity index (χ4n) is 3.42. The van der Waals surface area contributed by atoms with Crippen LogP contribution in [0.15, 0.2) is 62.8 Å². The Morgan fingerprint density at radius 2 is 2.10 bits per heavy atom. The molecule has 1 aliphatic heterocycles. The van der Waals surface area contributed by atoms with Crippen molar-refractivity contribution in [1.29, 1.82) is 0 Å². The molecule has 158 valence electrons. The van der Waals surface area contributed by atoms with E-state index >= 15 is 0 Å². The first-order valence-corrected chi connectivity index (χ1v) is 11.1. The number of thiazole rings is 1. The van der Waals surface area contributed by atoms with Crippen molar-refractivity contribution in [2.45, 2.75) is 19.9 Å². The van der Waals surface area contributed by atoms with Gasteiger partial charge >= 0.3 is 5.97 Å². The Bertz CT molecular complexity index is 1380. The lowest BCUT2D eigenvalue weighted by Crippen LogP contribution is -2.39. The maximum absolute atomic E-state index is 13.4. The molecule has 31 heavy (non-hydrogen) atoms. The van der Waals surface area contributed by atoms with Crippen LogP contribution in [0.25, 0.3) is 6.08 Å². The number of ether oxygens (including phenoxy) is 1. The molecular weight excluding hydrogens is 438 g/mol. The van der Waals surface area contributed by atoms with E-state index in [0.29, 0.717) is 26.2 Å². The molecule has 4 rings (SSSR count). The normalized spacial score (nSPS) is 16.1. The van der Waals surface area contributed by atoms with E-state index < -0.39 is 16.9 Å². The molecule has 0 aliphatic carbocycles. The highest BCUT2D eigenvalue weighted by atomic mass is 32.1. The zero-order valence-electron chi connectivity index (χ0n) is 16.6. The standard InChI is InChI=1S/C21H17N3O5S2/c1-3-29-20(26)17-12(2)22-21-23(18(17)15-9-6-10-30-15)19(25)16(31-21)11-13-7-4-5-8-14(13)24(27)28/h4-11,18H,3H2,1-2H3/b16-11-/t18-/m1/s1. The van der Waals surface area contributed by atoms with Crippen LogP contribution in [0.1, 0.15) is 30.3 Å². The molecule has 0 spiro atoms. The number of nitro groups is 1. The van der Waals surface area contributed by atoms with E-state index in [9.17, 15) is 19.7 Å². The van der Waals surface area contributed by atoms with Crippen molar-refractivity contribution < 1.29 is 14.5 Å². The SMILES string of the molecule is CCOC(=O)C1=C(C)N=c2s/c(=C\c3ccccc3[N+](=O)[O-])c(=O)n2[C@@H]1c1cccs1. The van der Waals surface area contributed by atoms with E-state index in [1.54, 1.807) is 32.0 Å². The molecule has 2 aromatic heterocycles. The molecule has 8 nitrogen and oxygen atoms in total. The summed E-state index contributed by atoms with van der Waals surface area (Å²) in [5.41, 5.74) is 0.664. The smallest absolute Gasteiger partial charge is 0.338 e. The number of benzene rings is 1. The molecule has 0 bridgehead atoms. The van der Waals surface area contributed by atoms with Gasteiger partial charge in [0.15, 0.2) is 4.80 Å². The van der Waals surface area contributed by atoms with Crippen molar-refractivity contribution in [2.24, 2.45) is 4.99 Å². The van der Waals surface area contributed by atoms with Crippen LogP contribution in [0.4, 0.5) is 5.69 Å². The summed E-state index contributed by atoms with van der Waals surface area (Å²) >= 11 is 2.56. The summed E-state index contributed by atoms with van der Waals surface area (Å²) in [6, 6.07) is 9.26. The first-order chi connectivity index (χ1) is 14.9. The number of aromatic nitrogens is 1. The van der Waals surface area contributed by atoms with Gasteiger partial charge in [0.1, 0.15) is 6.04 Å². The second-order valence-electron chi connectivity index (χ2n) is 6.63. The van der Waals surface area contributed by atoms with Gasteiger partial charge in [0, 0.05) is 10.9 Å². The lowest BCUT2D eigenvalue weighted by molar-refractivity contribution is -0.385. The molecule has 0 radical (unpaired) electrons. The summed E-state index contributed by atoms with van der Waals surface area (Å²) in [7, 11) is 0. The lowest BCUT2D eigenvalue weighted by Gasteiger charge is -2.23. The Morgan fingerprint density at radius 3 is 2.77 bits per heavy atom. The second kappa shape index (κ2) is 8.40. The van der Waals surface area contributed by atoms with Crippen LogP contribution in [0.5, 0.6) is 0 Å². The number of para-hydroxylation sites is 1. The molecule has 0 saturated carbocycles. The number of carbonyl (C=O) groups is 1. The molecule has 0 unspecified atom stereocenters. The van der Waals surface area contributed by atoms with Gasteiger partial charge in [0.05, 0.1) is 32.9 Å². The summed E-state index contributed by atoms with van der Waals surface area (Å²) in [6.07, 6.45) is 1.50. The zero-order valence-corrected chi connectivity index (χ0v) is 18.2. The number of hydrogen-bond donors (Lipinski definition) is 0. The Hall–Kier alpha value is -3.37. The molecular formula is C21H17N3O5S2. The van der Waals surface area contributed by atoms with Gasteiger partial charge in [0.2, 0.25) is 0 Å². The van der Waals surface area contributed by atoms with Crippen molar-refractivity contribution >= 4 is 40.4 Å². The van der Waals surface area contributed by atoms with E-state index in [0.717, 1.165) is 16.2 Å². The highest BCUT2D eigenvalue weighted by molar-refractivity contribution is 7.10. The topological polar surface area (TPSA) is 104 Å². The van der Waals surface area contributed by atoms with Gasteiger partial charge < -0.3 is 4.74 Å². The third kappa shape index (κ3) is 3.75. The van der Waals surface area contributed by atoms with Crippen molar-refractivity contribution in [3.63, 3.8) is 0 Å². The number of carbonyl (C=O) groups excluding carboxylic acids is 1. The second-order valence-corrected chi connectivity index (χ2v) is 8.62. The number of thiophene rings is 1. The van der Waals surface area contributed by atoms with Gasteiger partial charge in [-0.2, -0.15) is 0 Å². The van der Waals surface area contributed by atoms with Crippen molar-refractivity contribution in [1.82, 2.24) is 4.57 Å². The molecule has 0 fully saturated rings. The summed E-state index contributed by atoms with van der Waals surface area (Å²) in [5, 5.41) is 13.2. The number of nitrogens with zero attached hydrogens (tertiary/aromatic N) is 3. The minimum atomic E-state index is -0.664. The van der Waals surface area contributed by atoms with Gasteiger partial charge in [0.25, 0.3) is 11.2 Å². The molecule has 3 heterocycles. The van der Waals surface area contributed by atoms with E-state index in [2.05, 4.69) is 4.99 Å². The van der Waals surface area contributed by atoms with Crippen molar-refractivity contribution in [2.75, 3.05) is 6.61 Å². The Morgan fingerprint density at radius 1 is 1.32 bits per heavy atom. The first kappa shape index (κ1) is 20.9. The molecule has 3 aromatic rings. The highest BCUT2D eigenvalue weighted by Crippen LogP contribution is 2.33. The summed E-state index contributed by atoms with van der Waals surface area (Å²) < 4.78 is 7.00. The average molecular weight is 456 g/mol. The monoisotopic (exact) mass is 455 g/mol. The molecule has 0 saturated heterocycles. The maximum atomic E-state index is 13.4. The largest absolute Gasteiger partial charge is 0.463 e. The highest BCUT2D eigenvalue weighted by Gasteiger charge is 2.33. The van der Waals surface area contributed by atoms with Crippen LogP contribution < -0.4 is 14.9 Å². The molecule has 1 aliphatic rings. The third-order valence-corrected chi connectivity index (χ3v) is 6.66. The Labute approximate surface area is 184 Å². The molecule has 10 heteroatoms. The van der Waals surface area contributed by atoms with Gasteiger partial charge in [-0.05, 0) is 37.4 Å². The minimum Gasteiger partial charge on any atom is -0.463 e. The zero-order chi connectivity index (χ0) is 22.1. The van der Waals surface area contributed by atoms with Gasteiger partial charge in [-0.25, -0.2) is 9.79 Å². The van der Waals surface area contributed by atoms with Crippen LogP contribution in [0.2, 0.25) is 0 Å². The van der Waals surface area contributed by atoms with Gasteiger partial charge in [-0.1, -0.05) is 29.5 Å². The van der Waals surface area contributed by atoms with Crippen LogP contribution in [0.3, 0.4) is 0 Å². The fraction of sp³-hybridized carbons (Fsp3) is 0.190. The lowest BCUT2D eigenvalue weighted by atomic mass is 10.0.